The van der Waals surface area contributed by atoms with Crippen molar-refractivity contribution in [3.8, 4) is 0 Å². The Balaban J connectivity index is 1.54. The number of ether oxygens (including phenoxy) is 1. The Bertz CT molecular complexity index is 1230. The number of hydrogen-bond donors (Lipinski definition) is 4. The molecule has 1 fully saturated rings. The molecule has 6 N–H and O–H groups in total. The number of rotatable bonds is 6. The van der Waals surface area contributed by atoms with E-state index in [1.807, 2.05) is 41.0 Å². The van der Waals surface area contributed by atoms with Gasteiger partial charge in [-0.25, -0.2) is 4.99 Å². The molecule has 3 aromatic rings. The van der Waals surface area contributed by atoms with E-state index in [1.165, 1.54) is 5.56 Å². The van der Waals surface area contributed by atoms with Crippen molar-refractivity contribution in [3.63, 3.8) is 0 Å². The summed E-state index contributed by atoms with van der Waals surface area (Å²) in [6, 6.07) is 17.6. The van der Waals surface area contributed by atoms with Crippen LogP contribution in [0.4, 0.5) is 0 Å². The summed E-state index contributed by atoms with van der Waals surface area (Å²) in [5.41, 5.74) is 16.1. The molecule has 3 heterocycles. The number of primary amides is 1. The molecule has 1 atom stereocenters. The zero-order valence-electron chi connectivity index (χ0n) is 17.7. The average Bonchev–Trinajstić information content (AvgIpc) is 3.21. The lowest BCUT2D eigenvalue weighted by Crippen LogP contribution is -2.40. The quantitative estimate of drug-likeness (QED) is 0.479. The number of nitrogens with one attached hydrogen (secondary N) is 2. The van der Waals surface area contributed by atoms with E-state index in [-0.39, 0.29) is 0 Å². The minimum Gasteiger partial charge on any atom is -0.478 e. The molecule has 5 rings (SSSR count). The van der Waals surface area contributed by atoms with Crippen LogP contribution in [0.1, 0.15) is 40.7 Å². The van der Waals surface area contributed by atoms with E-state index in [0.717, 1.165) is 40.8 Å². The summed E-state index contributed by atoms with van der Waals surface area (Å²) < 4.78 is 7.94. The molecular weight excluding hydrogens is 404 g/mol. The van der Waals surface area contributed by atoms with E-state index in [0.29, 0.717) is 31.2 Å². The highest BCUT2D eigenvalue weighted by atomic mass is 16.5. The molecule has 2 aliphatic heterocycles. The van der Waals surface area contributed by atoms with E-state index in [9.17, 15) is 4.79 Å². The molecule has 0 radical (unpaired) electrons. The SMILES string of the molecule is NCc1cc2c(C(N)=O)cccc2n1C1N=C2OCCCC2=C(NCc2ccccc2)N1. The first-order chi connectivity index (χ1) is 15.7. The summed E-state index contributed by atoms with van der Waals surface area (Å²) in [5, 5.41) is 7.83. The summed E-state index contributed by atoms with van der Waals surface area (Å²) in [6.07, 6.45) is 1.36. The summed E-state index contributed by atoms with van der Waals surface area (Å²) in [4.78, 5) is 16.8. The smallest absolute Gasteiger partial charge is 0.249 e. The predicted octanol–water partition coefficient (Wildman–Crippen LogP) is 2.47. The van der Waals surface area contributed by atoms with Gasteiger partial charge >= 0.3 is 0 Å². The maximum atomic E-state index is 12.0. The number of amides is 1. The highest BCUT2D eigenvalue weighted by Crippen LogP contribution is 2.31. The lowest BCUT2D eigenvalue weighted by molar-refractivity contribution is 0.100. The number of nitrogens with two attached hydrogens (primary N) is 2. The van der Waals surface area contributed by atoms with Gasteiger partial charge in [0, 0.05) is 29.7 Å². The molecule has 2 aromatic carbocycles. The normalized spacial score (nSPS) is 17.9. The van der Waals surface area contributed by atoms with Crippen molar-refractivity contribution in [2.45, 2.75) is 32.2 Å². The van der Waals surface area contributed by atoms with Gasteiger partial charge in [0.15, 0.2) is 0 Å². The van der Waals surface area contributed by atoms with Crippen LogP contribution < -0.4 is 22.1 Å². The number of nitrogens with zero attached hydrogens (tertiary/aromatic N) is 2. The van der Waals surface area contributed by atoms with Gasteiger partial charge in [-0.1, -0.05) is 36.4 Å². The van der Waals surface area contributed by atoms with Crippen molar-refractivity contribution in [2.24, 2.45) is 16.5 Å². The number of aromatic nitrogens is 1. The first-order valence-electron chi connectivity index (χ1n) is 10.8. The fourth-order valence-electron chi connectivity index (χ4n) is 4.35. The highest BCUT2D eigenvalue weighted by molar-refractivity contribution is 6.06. The molecule has 2 aliphatic rings. The zero-order valence-corrected chi connectivity index (χ0v) is 17.7. The van der Waals surface area contributed by atoms with Crippen LogP contribution in [0.2, 0.25) is 0 Å². The molecule has 1 unspecified atom stereocenters. The number of carbonyl (C=O) groups excluding carboxylic acids is 1. The molecule has 0 bridgehead atoms. The number of carbonyl (C=O) groups is 1. The van der Waals surface area contributed by atoms with E-state index < -0.39 is 12.2 Å². The van der Waals surface area contributed by atoms with Crippen molar-refractivity contribution in [2.75, 3.05) is 6.61 Å². The number of benzene rings is 2. The first-order valence-corrected chi connectivity index (χ1v) is 10.8. The number of aliphatic imine (C=N–C) groups is 1. The Kier molecular flexibility index (Phi) is 5.28. The van der Waals surface area contributed by atoms with E-state index in [2.05, 4.69) is 22.8 Å². The van der Waals surface area contributed by atoms with Gasteiger partial charge in [-0.2, -0.15) is 0 Å². The monoisotopic (exact) mass is 430 g/mol. The van der Waals surface area contributed by atoms with E-state index >= 15 is 0 Å². The number of hydrogen-bond acceptors (Lipinski definition) is 6. The predicted molar refractivity (Wildman–Crippen MR) is 123 cm³/mol. The van der Waals surface area contributed by atoms with Gasteiger partial charge in [0.05, 0.1) is 17.7 Å². The van der Waals surface area contributed by atoms with Crippen molar-refractivity contribution < 1.29 is 9.53 Å². The fourth-order valence-corrected chi connectivity index (χ4v) is 4.35. The molecule has 32 heavy (non-hydrogen) atoms. The van der Waals surface area contributed by atoms with Crippen molar-refractivity contribution in [1.82, 2.24) is 15.2 Å². The van der Waals surface area contributed by atoms with Crippen LogP contribution in [-0.2, 0) is 17.8 Å². The molecule has 0 aliphatic carbocycles. The Morgan fingerprint density at radius 1 is 1.22 bits per heavy atom. The van der Waals surface area contributed by atoms with Crippen LogP contribution in [0.15, 0.2) is 71.0 Å². The minimum atomic E-state index is -0.470. The van der Waals surface area contributed by atoms with Crippen LogP contribution in [0.3, 0.4) is 0 Å². The number of fused-ring (bicyclic) bond motifs is 2. The van der Waals surface area contributed by atoms with E-state index in [1.54, 1.807) is 6.07 Å². The van der Waals surface area contributed by atoms with Gasteiger partial charge in [0.25, 0.3) is 0 Å². The summed E-state index contributed by atoms with van der Waals surface area (Å²) in [6.45, 7) is 1.61. The maximum absolute atomic E-state index is 12.0. The Labute approximate surface area is 185 Å². The average molecular weight is 431 g/mol. The molecule has 1 amide bonds. The molecular formula is C24H26N6O2. The second-order valence-corrected chi connectivity index (χ2v) is 7.91. The lowest BCUT2D eigenvalue weighted by atomic mass is 10.1. The fraction of sp³-hybridized carbons (Fsp3) is 0.250. The van der Waals surface area contributed by atoms with Crippen LogP contribution in [0.25, 0.3) is 10.9 Å². The second-order valence-electron chi connectivity index (χ2n) is 7.91. The third kappa shape index (κ3) is 3.58. The van der Waals surface area contributed by atoms with Crippen LogP contribution >= 0.6 is 0 Å². The van der Waals surface area contributed by atoms with Gasteiger partial charge < -0.3 is 31.4 Å². The second kappa shape index (κ2) is 8.39. The molecule has 8 nitrogen and oxygen atoms in total. The van der Waals surface area contributed by atoms with Crippen molar-refractivity contribution in [3.05, 3.63) is 82.8 Å². The third-order valence-corrected chi connectivity index (χ3v) is 5.88. The Hall–Kier alpha value is -3.78. The van der Waals surface area contributed by atoms with E-state index in [4.69, 9.17) is 21.2 Å². The summed E-state index contributed by atoms with van der Waals surface area (Å²) >= 11 is 0. The van der Waals surface area contributed by atoms with Gasteiger partial charge in [0.2, 0.25) is 18.1 Å². The van der Waals surface area contributed by atoms with Crippen molar-refractivity contribution >= 4 is 22.7 Å². The first kappa shape index (κ1) is 20.1. The van der Waals surface area contributed by atoms with Crippen LogP contribution in [0.5, 0.6) is 0 Å². The topological polar surface area (TPSA) is 120 Å². The van der Waals surface area contributed by atoms with Gasteiger partial charge in [0.1, 0.15) is 5.82 Å². The molecule has 164 valence electrons. The minimum absolute atomic E-state index is 0.292. The Morgan fingerprint density at radius 2 is 2.06 bits per heavy atom. The molecule has 1 saturated heterocycles. The lowest BCUT2D eigenvalue weighted by Gasteiger charge is -2.32. The zero-order chi connectivity index (χ0) is 22.1. The molecule has 8 heteroatoms. The van der Waals surface area contributed by atoms with Crippen molar-refractivity contribution in [1.29, 1.82) is 0 Å². The molecule has 0 spiro atoms. The summed E-state index contributed by atoms with van der Waals surface area (Å²) in [7, 11) is 0. The molecule has 1 aromatic heterocycles. The van der Waals surface area contributed by atoms with Crippen LogP contribution in [0, 0.1) is 0 Å². The molecule has 0 saturated carbocycles. The van der Waals surface area contributed by atoms with Crippen LogP contribution in [-0.4, -0.2) is 23.0 Å². The largest absolute Gasteiger partial charge is 0.478 e. The Morgan fingerprint density at radius 3 is 2.84 bits per heavy atom. The van der Waals surface area contributed by atoms with Gasteiger partial charge in [-0.15, -0.1) is 0 Å². The van der Waals surface area contributed by atoms with Gasteiger partial charge in [-0.3, -0.25) is 4.79 Å². The summed E-state index contributed by atoms with van der Waals surface area (Å²) in [5.74, 6) is 1.08. The highest BCUT2D eigenvalue weighted by Gasteiger charge is 2.29. The third-order valence-electron chi connectivity index (χ3n) is 5.88. The maximum Gasteiger partial charge on any atom is 0.249 e. The standard InChI is InChI=1S/C24H26N6O2/c25-13-16-12-19-17(21(26)31)8-4-10-20(19)30(16)24-28-22(18-9-5-11-32-23(18)29-24)27-14-15-6-2-1-3-7-15/h1-4,6-8,10,12,24,27-28H,5,9,11,13-14,25H2,(H2,26,31). The van der Waals surface area contributed by atoms with Gasteiger partial charge in [-0.05, 0) is 36.6 Å².